The van der Waals surface area contributed by atoms with Crippen molar-refractivity contribution in [1.29, 1.82) is 0 Å². The van der Waals surface area contributed by atoms with Crippen molar-refractivity contribution in [2.45, 2.75) is 37.8 Å². The van der Waals surface area contributed by atoms with Crippen LogP contribution in [0.1, 0.15) is 26.1 Å². The van der Waals surface area contributed by atoms with Crippen LogP contribution >= 0.6 is 0 Å². The third kappa shape index (κ3) is 3.02. The summed E-state index contributed by atoms with van der Waals surface area (Å²) in [6, 6.07) is 0. The van der Waals surface area contributed by atoms with Gasteiger partial charge in [0.1, 0.15) is 17.9 Å². The van der Waals surface area contributed by atoms with Crippen molar-refractivity contribution < 1.29 is 18.3 Å². The lowest BCUT2D eigenvalue weighted by atomic mass is 10.3. The van der Waals surface area contributed by atoms with E-state index < -0.39 is 26.8 Å². The highest BCUT2D eigenvalue weighted by atomic mass is 32.2. The summed E-state index contributed by atoms with van der Waals surface area (Å²) in [7, 11) is -3.75. The van der Waals surface area contributed by atoms with E-state index in [1.54, 1.807) is 6.92 Å². The number of aryl methyl sites for hydroxylation is 1. The van der Waals surface area contributed by atoms with E-state index in [9.17, 15) is 13.2 Å². The van der Waals surface area contributed by atoms with Gasteiger partial charge in [-0.05, 0) is 13.3 Å². The van der Waals surface area contributed by atoms with Crippen LogP contribution in [-0.2, 0) is 26.9 Å². The molecule has 1 heterocycles. The number of sulfone groups is 1. The number of hydrogen-bond donors (Lipinski definition) is 1. The molecule has 17 heavy (non-hydrogen) atoms. The first-order chi connectivity index (χ1) is 7.92. The summed E-state index contributed by atoms with van der Waals surface area (Å²) in [5.74, 6) is -1.45. The largest absolute Gasteiger partial charge is 0.480 e. The van der Waals surface area contributed by atoms with Crippen LogP contribution < -0.4 is 0 Å². The Bertz CT molecular complexity index is 494. The quantitative estimate of drug-likeness (QED) is 0.777. The maximum Gasteiger partial charge on any atom is 0.321 e. The topological polar surface area (TPSA) is 102 Å². The fourth-order valence-corrected chi connectivity index (χ4v) is 3.13. The smallest absolute Gasteiger partial charge is 0.321 e. The number of rotatable bonds is 6. The average molecular weight is 261 g/mol. The van der Waals surface area contributed by atoms with Crippen LogP contribution in [0.2, 0.25) is 0 Å². The van der Waals surface area contributed by atoms with Crippen molar-refractivity contribution in [2.75, 3.05) is 0 Å². The molecule has 1 aromatic heterocycles. The van der Waals surface area contributed by atoms with E-state index >= 15 is 0 Å². The van der Waals surface area contributed by atoms with Gasteiger partial charge in [-0.15, -0.1) is 0 Å². The SMILES string of the molecule is CCC(C(=O)O)S(=O)(=O)Cc1ncnn1CC. The molecule has 1 atom stereocenters. The molecule has 1 rings (SSSR count). The molecule has 0 saturated heterocycles. The molecule has 1 unspecified atom stereocenters. The van der Waals surface area contributed by atoms with Gasteiger partial charge in [0.2, 0.25) is 0 Å². The van der Waals surface area contributed by atoms with Gasteiger partial charge in [-0.3, -0.25) is 4.79 Å². The van der Waals surface area contributed by atoms with Gasteiger partial charge in [0.05, 0.1) is 0 Å². The molecule has 0 amide bonds. The number of aliphatic carboxylic acids is 1. The van der Waals surface area contributed by atoms with Crippen LogP contribution in [0.25, 0.3) is 0 Å². The lowest BCUT2D eigenvalue weighted by Gasteiger charge is -2.11. The van der Waals surface area contributed by atoms with Crippen molar-refractivity contribution >= 4 is 15.8 Å². The zero-order valence-corrected chi connectivity index (χ0v) is 10.5. The predicted molar refractivity (Wildman–Crippen MR) is 60.0 cm³/mol. The van der Waals surface area contributed by atoms with Gasteiger partial charge in [0, 0.05) is 6.54 Å². The predicted octanol–water partition coefficient (Wildman–Crippen LogP) is 0.0760. The normalized spacial score (nSPS) is 13.5. The van der Waals surface area contributed by atoms with E-state index in [0.29, 0.717) is 6.54 Å². The average Bonchev–Trinajstić information content (AvgIpc) is 2.63. The molecule has 0 aromatic carbocycles. The Labute approximate surface area is 99.4 Å². The first-order valence-corrected chi connectivity index (χ1v) is 6.95. The number of carboxylic acids is 1. The van der Waals surface area contributed by atoms with E-state index in [1.807, 2.05) is 0 Å². The summed E-state index contributed by atoms with van der Waals surface area (Å²) >= 11 is 0. The first kappa shape index (κ1) is 13.6. The van der Waals surface area contributed by atoms with E-state index in [1.165, 1.54) is 17.9 Å². The van der Waals surface area contributed by atoms with Crippen molar-refractivity contribution in [3.63, 3.8) is 0 Å². The Morgan fingerprint density at radius 3 is 2.65 bits per heavy atom. The lowest BCUT2D eigenvalue weighted by Crippen LogP contribution is -2.31. The fourth-order valence-electron chi connectivity index (χ4n) is 1.53. The minimum absolute atomic E-state index is 0.0396. The highest BCUT2D eigenvalue weighted by Gasteiger charge is 2.32. The molecular weight excluding hydrogens is 246 g/mol. The molecule has 0 aliphatic rings. The molecule has 0 fully saturated rings. The number of hydrogen-bond acceptors (Lipinski definition) is 5. The molecule has 0 radical (unpaired) electrons. The van der Waals surface area contributed by atoms with Crippen LogP contribution in [0.3, 0.4) is 0 Å². The molecule has 96 valence electrons. The Morgan fingerprint density at radius 2 is 2.18 bits per heavy atom. The third-order valence-electron chi connectivity index (χ3n) is 2.41. The molecule has 8 heteroatoms. The molecule has 0 aliphatic heterocycles. The molecule has 0 aliphatic carbocycles. The standard InChI is InChI=1S/C9H15N3O4S/c1-3-7(9(13)14)17(15,16)5-8-10-6-11-12(8)4-2/h6-7H,3-5H2,1-2H3,(H,13,14). The highest BCUT2D eigenvalue weighted by molar-refractivity contribution is 7.92. The van der Waals surface area contributed by atoms with Crippen molar-refractivity contribution in [3.05, 3.63) is 12.2 Å². The molecule has 1 N–H and O–H groups in total. The number of nitrogens with zero attached hydrogens (tertiary/aromatic N) is 3. The second-order valence-corrected chi connectivity index (χ2v) is 5.72. The van der Waals surface area contributed by atoms with Crippen LogP contribution in [0, 0.1) is 0 Å². The summed E-state index contributed by atoms with van der Waals surface area (Å²) in [6.45, 7) is 3.83. The molecule has 0 spiro atoms. The number of carboxylic acid groups (broad SMARTS) is 1. The molecule has 0 bridgehead atoms. The van der Waals surface area contributed by atoms with Gasteiger partial charge in [-0.25, -0.2) is 18.1 Å². The Morgan fingerprint density at radius 1 is 1.53 bits per heavy atom. The Hall–Kier alpha value is -1.44. The zero-order chi connectivity index (χ0) is 13.1. The summed E-state index contributed by atoms with van der Waals surface area (Å²) in [5, 5.41) is 11.3. The van der Waals surface area contributed by atoms with E-state index in [-0.39, 0.29) is 12.2 Å². The minimum atomic E-state index is -3.75. The van der Waals surface area contributed by atoms with Crippen LogP contribution in [0.4, 0.5) is 0 Å². The molecular formula is C9H15N3O4S. The molecule has 1 aromatic rings. The van der Waals surface area contributed by atoms with Crippen molar-refractivity contribution in [2.24, 2.45) is 0 Å². The number of carbonyl (C=O) groups is 1. The van der Waals surface area contributed by atoms with Gasteiger partial charge in [-0.1, -0.05) is 6.92 Å². The van der Waals surface area contributed by atoms with Gasteiger partial charge in [-0.2, -0.15) is 5.10 Å². The van der Waals surface area contributed by atoms with Gasteiger partial charge < -0.3 is 5.11 Å². The van der Waals surface area contributed by atoms with E-state index in [4.69, 9.17) is 5.11 Å². The lowest BCUT2D eigenvalue weighted by molar-refractivity contribution is -0.136. The summed E-state index contributed by atoms with van der Waals surface area (Å²) < 4.78 is 25.2. The van der Waals surface area contributed by atoms with Crippen molar-refractivity contribution in [3.8, 4) is 0 Å². The second kappa shape index (κ2) is 5.26. The first-order valence-electron chi connectivity index (χ1n) is 5.23. The minimum Gasteiger partial charge on any atom is -0.480 e. The van der Waals surface area contributed by atoms with Gasteiger partial charge in [0.25, 0.3) is 0 Å². The number of aromatic nitrogens is 3. The fraction of sp³-hybridized carbons (Fsp3) is 0.667. The van der Waals surface area contributed by atoms with E-state index in [0.717, 1.165) is 0 Å². The summed E-state index contributed by atoms with van der Waals surface area (Å²) in [4.78, 5) is 14.7. The highest BCUT2D eigenvalue weighted by Crippen LogP contribution is 2.12. The monoisotopic (exact) mass is 261 g/mol. The Balaban J connectivity index is 2.97. The van der Waals surface area contributed by atoms with Gasteiger partial charge >= 0.3 is 5.97 Å². The van der Waals surface area contributed by atoms with Crippen LogP contribution in [0.15, 0.2) is 6.33 Å². The Kier molecular flexibility index (Phi) is 4.22. The zero-order valence-electron chi connectivity index (χ0n) is 9.70. The maximum absolute atomic E-state index is 11.9. The summed E-state index contributed by atoms with van der Waals surface area (Å²) in [5.41, 5.74) is 0. The van der Waals surface area contributed by atoms with E-state index in [2.05, 4.69) is 10.1 Å². The molecule has 7 nitrogen and oxygen atoms in total. The van der Waals surface area contributed by atoms with Crippen LogP contribution in [0.5, 0.6) is 0 Å². The second-order valence-electron chi connectivity index (χ2n) is 3.53. The van der Waals surface area contributed by atoms with Crippen molar-refractivity contribution in [1.82, 2.24) is 14.8 Å². The molecule has 0 saturated carbocycles. The van der Waals surface area contributed by atoms with Gasteiger partial charge in [0.15, 0.2) is 15.1 Å². The third-order valence-corrected chi connectivity index (χ3v) is 4.47. The summed E-state index contributed by atoms with van der Waals surface area (Å²) in [6.07, 6.45) is 1.30. The maximum atomic E-state index is 11.9. The van der Waals surface area contributed by atoms with Crippen LogP contribution in [-0.4, -0.2) is 39.5 Å².